The molecule has 0 unspecified atom stereocenters. The molecule has 50 heavy (non-hydrogen) atoms. The predicted molar refractivity (Wildman–Crippen MR) is 184 cm³/mol. The van der Waals surface area contributed by atoms with E-state index in [1.54, 1.807) is 24.3 Å². The lowest BCUT2D eigenvalue weighted by Gasteiger charge is -2.44. The smallest absolute Gasteiger partial charge is 0.303 e. The van der Waals surface area contributed by atoms with Gasteiger partial charge in [0.25, 0.3) is 0 Å². The van der Waals surface area contributed by atoms with Gasteiger partial charge < -0.3 is 23.7 Å². The van der Waals surface area contributed by atoms with Gasteiger partial charge in [-0.15, -0.1) is 0 Å². The Morgan fingerprint density at radius 1 is 0.840 bits per heavy atom. The Hall–Kier alpha value is -4.15. The Labute approximate surface area is 303 Å². The lowest BCUT2D eigenvalue weighted by Crippen LogP contribution is -2.61. The van der Waals surface area contributed by atoms with Crippen LogP contribution in [-0.2, 0) is 55.7 Å². The Balaban J connectivity index is 1.68. The molecule has 2 heterocycles. The molecule has 0 bridgehead atoms. The summed E-state index contributed by atoms with van der Waals surface area (Å²) in [5, 5.41) is 11.5. The number of hydrogen-bond donors (Lipinski definition) is 0. The highest BCUT2D eigenvalue weighted by Crippen LogP contribution is 2.43. The number of esters is 4. The van der Waals surface area contributed by atoms with Gasteiger partial charge in [0.15, 0.2) is 23.7 Å². The number of nitriles is 1. The van der Waals surface area contributed by atoms with Crippen molar-refractivity contribution in [2.45, 2.75) is 88.3 Å². The van der Waals surface area contributed by atoms with E-state index in [1.165, 1.54) is 18.1 Å². The molecular formula is C36H34Cl2N2O9S. The summed E-state index contributed by atoms with van der Waals surface area (Å²) < 4.78 is 28.3. The number of carbonyl (C=O) groups is 4. The van der Waals surface area contributed by atoms with Gasteiger partial charge in [0.2, 0.25) is 0 Å². The molecule has 5 rings (SSSR count). The van der Waals surface area contributed by atoms with E-state index in [0.717, 1.165) is 63.8 Å². The molecule has 1 aliphatic carbocycles. The molecule has 0 spiro atoms. The average Bonchev–Trinajstić information content (AvgIpc) is 3.05. The number of thioether (sulfide) groups is 1. The highest BCUT2D eigenvalue weighted by Gasteiger charge is 2.52. The monoisotopic (exact) mass is 740 g/mol. The van der Waals surface area contributed by atoms with E-state index < -0.39 is 60.3 Å². The van der Waals surface area contributed by atoms with Crippen LogP contribution in [0.3, 0.4) is 0 Å². The number of hydrogen-bond acceptors (Lipinski definition) is 12. The van der Waals surface area contributed by atoms with Gasteiger partial charge in [-0.1, -0.05) is 53.2 Å². The fourth-order valence-corrected chi connectivity index (χ4v) is 7.77. The largest absolute Gasteiger partial charge is 0.463 e. The van der Waals surface area contributed by atoms with Gasteiger partial charge >= 0.3 is 23.9 Å². The number of carbonyl (C=O) groups excluding carboxylic acids is 4. The number of fused-ring (bicyclic) bond motifs is 1. The second-order valence-corrected chi connectivity index (χ2v) is 13.8. The molecule has 14 heteroatoms. The number of nitrogens with zero attached hydrogens (tertiary/aromatic N) is 2. The van der Waals surface area contributed by atoms with Crippen LogP contribution in [0.5, 0.6) is 0 Å². The fourth-order valence-electron chi connectivity index (χ4n) is 6.07. The second-order valence-electron chi connectivity index (χ2n) is 11.8. The molecule has 1 aromatic heterocycles. The molecule has 1 saturated heterocycles. The molecule has 0 radical (unpaired) electrons. The van der Waals surface area contributed by atoms with E-state index in [9.17, 15) is 24.4 Å². The minimum atomic E-state index is -1.38. The summed E-state index contributed by atoms with van der Waals surface area (Å²) in [5.74, 6) is -2.88. The highest BCUT2D eigenvalue weighted by atomic mass is 35.5. The van der Waals surface area contributed by atoms with Crippen LogP contribution in [0.4, 0.5) is 0 Å². The Morgan fingerprint density at radius 3 is 2.14 bits per heavy atom. The van der Waals surface area contributed by atoms with E-state index in [4.69, 9.17) is 51.9 Å². The Morgan fingerprint density at radius 2 is 1.50 bits per heavy atom. The van der Waals surface area contributed by atoms with Crippen molar-refractivity contribution in [1.82, 2.24) is 4.98 Å². The summed E-state index contributed by atoms with van der Waals surface area (Å²) in [5.41, 5.74) is 3.76. The maximum atomic E-state index is 12.5. The first-order chi connectivity index (χ1) is 23.8. The lowest BCUT2D eigenvalue weighted by atomic mass is 9.89. The van der Waals surface area contributed by atoms with E-state index in [-0.39, 0.29) is 10.6 Å². The Bertz CT molecular complexity index is 1860. The van der Waals surface area contributed by atoms with Gasteiger partial charge in [-0.3, -0.25) is 19.2 Å². The van der Waals surface area contributed by atoms with Crippen molar-refractivity contribution in [2.75, 3.05) is 6.61 Å². The van der Waals surface area contributed by atoms with E-state index in [1.807, 2.05) is 6.07 Å². The van der Waals surface area contributed by atoms with E-state index in [2.05, 4.69) is 18.2 Å². The number of pyridine rings is 1. The molecule has 262 valence electrons. The van der Waals surface area contributed by atoms with E-state index in [0.29, 0.717) is 26.9 Å². The molecular weight excluding hydrogens is 707 g/mol. The van der Waals surface area contributed by atoms with Crippen LogP contribution in [0, 0.1) is 11.3 Å². The zero-order valence-corrected chi connectivity index (χ0v) is 30.0. The molecule has 1 fully saturated rings. The molecule has 2 aliphatic rings. The van der Waals surface area contributed by atoms with Crippen molar-refractivity contribution in [1.29, 1.82) is 5.26 Å². The van der Waals surface area contributed by atoms with Crippen molar-refractivity contribution in [3.8, 4) is 28.5 Å². The van der Waals surface area contributed by atoms with Crippen molar-refractivity contribution >= 4 is 58.8 Å². The number of halogens is 2. The minimum Gasteiger partial charge on any atom is -0.463 e. The fraction of sp³-hybridized carbons (Fsp3) is 0.389. The third-order valence-corrected chi connectivity index (χ3v) is 9.82. The average molecular weight is 742 g/mol. The first-order valence-corrected chi connectivity index (χ1v) is 17.5. The van der Waals surface area contributed by atoms with E-state index >= 15 is 0 Å². The highest BCUT2D eigenvalue weighted by molar-refractivity contribution is 7.99. The predicted octanol–water partition coefficient (Wildman–Crippen LogP) is 6.65. The van der Waals surface area contributed by atoms with Gasteiger partial charge in [-0.2, -0.15) is 5.26 Å². The molecule has 2 aromatic carbocycles. The van der Waals surface area contributed by atoms with Crippen molar-refractivity contribution < 1.29 is 42.9 Å². The summed E-state index contributed by atoms with van der Waals surface area (Å²) in [6.07, 6.45) is -1.12. The van der Waals surface area contributed by atoms with Crippen molar-refractivity contribution in [3.05, 3.63) is 69.2 Å². The van der Waals surface area contributed by atoms with Crippen LogP contribution in [0.1, 0.15) is 57.2 Å². The first kappa shape index (κ1) is 37.1. The minimum absolute atomic E-state index is 0.133. The van der Waals surface area contributed by atoms with Gasteiger partial charge in [-0.05, 0) is 61.1 Å². The zero-order valence-electron chi connectivity index (χ0n) is 27.7. The van der Waals surface area contributed by atoms with Crippen LogP contribution >= 0.6 is 35.0 Å². The summed E-state index contributed by atoms with van der Waals surface area (Å²) in [4.78, 5) is 53.7. The normalized spacial score (nSPS) is 21.3. The summed E-state index contributed by atoms with van der Waals surface area (Å²) in [7, 11) is 0. The maximum absolute atomic E-state index is 12.5. The maximum Gasteiger partial charge on any atom is 0.303 e. The standard InChI is InChI=1S/C36H34Cl2N2O9S/c1-18(41)45-17-31-32(46-19(2)42)33(47-20(3)43)34(48-21(4)44)36(49-31)50-35-28(16-39)27(26-12-11-25(37)14-29(26)38)15-30(40-35)24-10-9-22-7-5-6-8-23(22)13-24/h9-15,31-34,36H,5-8,17H2,1-4H3/t31-,32+,33+,34-,36+/m1/s1. The van der Waals surface area contributed by atoms with Crippen molar-refractivity contribution in [3.63, 3.8) is 0 Å². The van der Waals surface area contributed by atoms with Crippen LogP contribution in [0.25, 0.3) is 22.4 Å². The summed E-state index contributed by atoms with van der Waals surface area (Å²) >= 11 is 13.8. The molecule has 0 amide bonds. The topological polar surface area (TPSA) is 151 Å². The third-order valence-electron chi connectivity index (χ3n) is 8.14. The van der Waals surface area contributed by atoms with Crippen LogP contribution in [0.2, 0.25) is 10.0 Å². The van der Waals surface area contributed by atoms with Gasteiger partial charge in [-0.25, -0.2) is 4.98 Å². The van der Waals surface area contributed by atoms with Crippen molar-refractivity contribution in [2.24, 2.45) is 0 Å². The summed E-state index contributed by atoms with van der Waals surface area (Å²) in [6, 6.07) is 15.1. The molecule has 0 saturated carbocycles. The molecule has 11 nitrogen and oxygen atoms in total. The second kappa shape index (κ2) is 16.2. The zero-order chi connectivity index (χ0) is 36.1. The van der Waals surface area contributed by atoms with Gasteiger partial charge in [0.05, 0.1) is 11.3 Å². The van der Waals surface area contributed by atoms with Crippen LogP contribution in [-0.4, -0.2) is 65.3 Å². The lowest BCUT2D eigenvalue weighted by molar-refractivity contribution is -0.237. The first-order valence-electron chi connectivity index (χ1n) is 15.8. The van der Waals surface area contributed by atoms with Crippen LogP contribution < -0.4 is 0 Å². The molecule has 1 aliphatic heterocycles. The number of benzene rings is 2. The number of aromatic nitrogens is 1. The van der Waals surface area contributed by atoms with Gasteiger partial charge in [0, 0.05) is 54.4 Å². The number of aryl methyl sites for hydroxylation is 2. The molecule has 0 N–H and O–H groups in total. The number of ether oxygens (including phenoxy) is 5. The molecule has 5 atom stereocenters. The third kappa shape index (κ3) is 8.76. The molecule has 3 aromatic rings. The Kier molecular flexibility index (Phi) is 12.1. The SMILES string of the molecule is CC(=O)OC[C@H]1O[C@@H](Sc2nc(-c3ccc4c(c3)CCCC4)cc(-c3ccc(Cl)cc3Cl)c2C#N)[C@H](OC(C)=O)[C@@H](OC(C)=O)[C@H]1OC(C)=O. The quantitative estimate of drug-likeness (QED) is 0.171. The number of rotatable bonds is 9. The summed E-state index contributed by atoms with van der Waals surface area (Å²) in [6.45, 7) is 4.25. The van der Waals surface area contributed by atoms with Gasteiger partial charge in [0.1, 0.15) is 23.8 Å². The van der Waals surface area contributed by atoms with Crippen LogP contribution in [0.15, 0.2) is 47.5 Å².